The van der Waals surface area contributed by atoms with Crippen molar-refractivity contribution in [3.63, 3.8) is 0 Å². The van der Waals surface area contributed by atoms with Gasteiger partial charge in [-0.15, -0.1) is 12.0 Å². The maximum absolute atomic E-state index is 14.7. The molecule has 408 valence electrons. The van der Waals surface area contributed by atoms with Crippen LogP contribution in [0.4, 0.5) is 0 Å². The fourth-order valence-electron chi connectivity index (χ4n) is 7.57. The number of aromatic nitrogens is 2. The highest BCUT2D eigenvalue weighted by Gasteiger charge is 2.35. The second-order valence-corrected chi connectivity index (χ2v) is 18.3. The average Bonchev–Trinajstić information content (AvgIpc) is 3.92. The molecule has 0 radical (unpaired) electrons. The second-order valence-electron chi connectivity index (χ2n) is 17.3. The molecular formula is C50H61N15O11S. The number of azide groups is 1. The van der Waals surface area contributed by atoms with Crippen molar-refractivity contribution in [2.24, 2.45) is 16.7 Å². The van der Waals surface area contributed by atoms with Crippen LogP contribution in [-0.2, 0) is 68.8 Å². The predicted molar refractivity (Wildman–Crippen MR) is 281 cm³/mol. The minimum atomic E-state index is -1.51. The fourth-order valence-corrected chi connectivity index (χ4v) is 8.04. The summed E-state index contributed by atoms with van der Waals surface area (Å²) in [5.41, 5.74) is 23.5. The molecular weight excluding hydrogens is 1020 g/mol. The topological polar surface area (TPSA) is 411 Å². The molecule has 0 aliphatic rings. The first-order chi connectivity index (χ1) is 36.9. The van der Waals surface area contributed by atoms with Crippen molar-refractivity contribution in [1.82, 2.24) is 52.2 Å². The van der Waals surface area contributed by atoms with Gasteiger partial charge in [0.15, 0.2) is 6.54 Å². The molecule has 0 aliphatic heterocycles. The van der Waals surface area contributed by atoms with E-state index in [1.165, 1.54) is 72.8 Å². The van der Waals surface area contributed by atoms with Crippen LogP contribution in [-0.4, -0.2) is 146 Å². The van der Waals surface area contributed by atoms with Gasteiger partial charge in [0, 0.05) is 44.0 Å². The van der Waals surface area contributed by atoms with Crippen LogP contribution >= 0.6 is 11.8 Å². The van der Waals surface area contributed by atoms with Crippen molar-refractivity contribution >= 4 is 64.9 Å². The molecule has 1 heterocycles. The lowest BCUT2D eigenvalue weighted by atomic mass is 10.0. The number of aromatic amines is 1. The van der Waals surface area contributed by atoms with Gasteiger partial charge < -0.3 is 63.5 Å². The Balaban J connectivity index is 1.67. The first kappa shape index (κ1) is 60.3. The fraction of sp³-hybridized carbons (Fsp3) is 0.360. The minimum absolute atomic E-state index is 0.0135. The summed E-state index contributed by atoms with van der Waals surface area (Å²) in [6.07, 6.45) is 8.58. The quantitative estimate of drug-likeness (QED) is 0.00898. The van der Waals surface area contributed by atoms with E-state index in [0.717, 1.165) is 4.90 Å². The maximum Gasteiger partial charge on any atom is 0.262 e. The van der Waals surface area contributed by atoms with Crippen LogP contribution in [0, 0.1) is 12.3 Å². The van der Waals surface area contributed by atoms with Crippen LogP contribution in [0.15, 0.2) is 96.6 Å². The van der Waals surface area contributed by atoms with Crippen molar-refractivity contribution < 1.29 is 53.4 Å². The normalized spacial score (nSPS) is 12.9. The molecule has 77 heavy (non-hydrogen) atoms. The number of rotatable bonds is 32. The van der Waals surface area contributed by atoms with E-state index in [4.69, 9.17) is 23.4 Å². The number of hydrogen-bond donors (Lipinski definition) is 12. The lowest BCUT2D eigenvalue weighted by molar-refractivity contribution is -0.139. The van der Waals surface area contributed by atoms with Gasteiger partial charge in [-0.2, -0.15) is 16.7 Å². The molecule has 0 aliphatic carbocycles. The third kappa shape index (κ3) is 21.2. The van der Waals surface area contributed by atoms with E-state index in [-0.39, 0.29) is 56.6 Å². The summed E-state index contributed by atoms with van der Waals surface area (Å²) in [5.74, 6) is -5.27. The number of nitrogens with one attached hydrogen (secondary N) is 8. The van der Waals surface area contributed by atoms with Crippen LogP contribution in [0.2, 0.25) is 0 Å². The number of phenolic OH excluding ortho intramolecular Hbond substituents is 2. The number of amides is 9. The zero-order chi connectivity index (χ0) is 56.3. The van der Waals surface area contributed by atoms with Crippen LogP contribution < -0.4 is 48.8 Å². The van der Waals surface area contributed by atoms with Crippen molar-refractivity contribution in [3.05, 3.63) is 124 Å². The van der Waals surface area contributed by atoms with Gasteiger partial charge in [-0.05, 0) is 71.0 Å². The number of terminal acetylenes is 1. The van der Waals surface area contributed by atoms with Crippen molar-refractivity contribution in [3.8, 4) is 23.8 Å². The molecule has 0 saturated carbocycles. The number of imidazole rings is 1. The van der Waals surface area contributed by atoms with E-state index >= 15 is 0 Å². The van der Waals surface area contributed by atoms with Gasteiger partial charge in [0.1, 0.15) is 54.3 Å². The number of primary amides is 2. The number of H-pyrrole nitrogens is 1. The van der Waals surface area contributed by atoms with Gasteiger partial charge in [-0.3, -0.25) is 48.6 Å². The van der Waals surface area contributed by atoms with Crippen molar-refractivity contribution in [2.75, 3.05) is 31.6 Å². The second kappa shape index (κ2) is 31.5. The lowest BCUT2D eigenvalue weighted by Crippen LogP contribution is -2.61. The highest BCUT2D eigenvalue weighted by Crippen LogP contribution is 2.16. The van der Waals surface area contributed by atoms with Gasteiger partial charge in [-0.25, -0.2) is 4.98 Å². The molecule has 4 aromatic rings. The Morgan fingerprint density at radius 1 is 0.688 bits per heavy atom. The Morgan fingerprint density at radius 2 is 1.17 bits per heavy atom. The first-order valence-electron chi connectivity index (χ1n) is 23.8. The zero-order valence-corrected chi connectivity index (χ0v) is 42.7. The van der Waals surface area contributed by atoms with Crippen LogP contribution in [0.3, 0.4) is 0 Å². The molecule has 4 rings (SSSR count). The molecule has 0 fully saturated rings. The summed E-state index contributed by atoms with van der Waals surface area (Å²) in [7, 11) is 0. The van der Waals surface area contributed by atoms with E-state index in [0.29, 0.717) is 28.1 Å². The van der Waals surface area contributed by atoms with Crippen LogP contribution in [0.25, 0.3) is 10.4 Å². The number of carbonyl (C=O) groups is 9. The molecule has 14 N–H and O–H groups in total. The third-order valence-electron chi connectivity index (χ3n) is 11.4. The minimum Gasteiger partial charge on any atom is -0.508 e. The summed E-state index contributed by atoms with van der Waals surface area (Å²) >= 11 is 1.33. The molecule has 6 atom stereocenters. The van der Waals surface area contributed by atoms with Gasteiger partial charge in [0.2, 0.25) is 47.3 Å². The molecule has 0 saturated heterocycles. The highest BCUT2D eigenvalue weighted by molar-refractivity contribution is 7.98. The van der Waals surface area contributed by atoms with E-state index in [9.17, 15) is 53.4 Å². The van der Waals surface area contributed by atoms with Crippen molar-refractivity contribution in [2.45, 2.75) is 81.2 Å². The number of hydrogen-bond acceptors (Lipinski definition) is 14. The van der Waals surface area contributed by atoms with Gasteiger partial charge in [0.05, 0.1) is 12.9 Å². The average molecular weight is 1080 g/mol. The monoisotopic (exact) mass is 1080 g/mol. The summed E-state index contributed by atoms with van der Waals surface area (Å²) in [6.45, 7) is -1.46. The standard InChI is InChI=1S/C50H61N15O11S/c1-3-20-65(28-43(52)69)50(76)41(24-32-11-15-35(67)16-12-32)62-48(74)39(23-31-9-13-34(66)14-10-31)61-47(73)38(22-30-7-5-4-6-8-30)60-46(72)37(19-21-77-2)59-45(71)36(17-18-42(51)68)58-49(75)40(25-33-26-54-29-55-33)57-44(70)27-56-64-63-53/h1,4-16,26,29,36-41,56,66-67H,17-25,27-28H2,2H3,(H2,51,68)(H2,52,69)(H,54,55)(H,57,70)(H,58,75)(H,59,71)(H,60,72)(H,61,73)(H,62,74)/t36-,37-,38-,39-,40-,41-/m0/s1. The molecule has 1 aromatic heterocycles. The zero-order valence-electron chi connectivity index (χ0n) is 41.8. The van der Waals surface area contributed by atoms with Gasteiger partial charge >= 0.3 is 0 Å². The third-order valence-corrected chi connectivity index (χ3v) is 12.0. The number of benzene rings is 3. The SMILES string of the molecule is C#CCN(CC(N)=O)C(=O)[C@H](Cc1ccc(O)cc1)NC(=O)[C@H](Cc1ccc(O)cc1)NC(=O)[C@H](Cc1ccccc1)NC(=O)[C@H](CCSC)NC(=O)[C@H](CCC(N)=O)NC(=O)[C@H](Cc1cnc[nH]1)NC(=O)CNN=[N+]=[N-]. The molecule has 0 bridgehead atoms. The largest absolute Gasteiger partial charge is 0.508 e. The first-order valence-corrected chi connectivity index (χ1v) is 25.2. The number of carbonyl (C=O) groups excluding carboxylic acids is 9. The highest BCUT2D eigenvalue weighted by atomic mass is 32.2. The number of thioether (sulfide) groups is 1. The molecule has 0 spiro atoms. The number of aromatic hydroxyl groups is 2. The number of nitrogens with two attached hydrogens (primary N) is 2. The summed E-state index contributed by atoms with van der Waals surface area (Å²) < 4.78 is 0. The predicted octanol–water partition coefficient (Wildman–Crippen LogP) is -1.22. The summed E-state index contributed by atoms with van der Waals surface area (Å²) in [5, 5.41) is 38.8. The Bertz CT molecular complexity index is 2740. The molecule has 3 aromatic carbocycles. The Hall–Kier alpha value is -9.28. The lowest BCUT2D eigenvalue weighted by Gasteiger charge is -2.29. The molecule has 0 unspecified atom stereocenters. The summed E-state index contributed by atoms with van der Waals surface area (Å²) in [4.78, 5) is 133. The van der Waals surface area contributed by atoms with Crippen molar-refractivity contribution in [1.29, 1.82) is 0 Å². The van der Waals surface area contributed by atoms with Crippen LogP contribution in [0.1, 0.15) is 41.6 Å². The van der Waals surface area contributed by atoms with E-state index in [1.807, 2.05) is 0 Å². The number of nitrogens with zero attached hydrogens (tertiary/aromatic N) is 5. The maximum atomic E-state index is 14.7. The number of phenols is 2. The summed E-state index contributed by atoms with van der Waals surface area (Å²) in [6, 6.07) is 11.4. The van der Waals surface area contributed by atoms with E-state index in [2.05, 4.69) is 63.3 Å². The molecule has 26 nitrogen and oxygen atoms in total. The molecule has 27 heteroatoms. The Labute approximate surface area is 446 Å². The van der Waals surface area contributed by atoms with Gasteiger partial charge in [0.25, 0.3) is 5.91 Å². The smallest absolute Gasteiger partial charge is 0.262 e. The van der Waals surface area contributed by atoms with Gasteiger partial charge in [-0.1, -0.05) is 60.5 Å². The molecule has 9 amide bonds. The Kier molecular flexibility index (Phi) is 24.6. The van der Waals surface area contributed by atoms with Crippen LogP contribution in [0.5, 0.6) is 11.5 Å². The van der Waals surface area contributed by atoms with E-state index < -0.39 is 109 Å². The Morgan fingerprint density at radius 3 is 1.65 bits per heavy atom. The van der Waals surface area contributed by atoms with E-state index in [1.54, 1.807) is 36.6 Å².